The van der Waals surface area contributed by atoms with E-state index in [2.05, 4.69) is 9.82 Å². The smallest absolute Gasteiger partial charge is 0.265 e. The molecule has 0 fully saturated rings. The van der Waals surface area contributed by atoms with Gasteiger partial charge in [-0.05, 0) is 72.7 Å². The molecule has 0 radical (unpaired) electrons. The van der Waals surface area contributed by atoms with Crippen LogP contribution in [0, 0.1) is 6.92 Å². The Bertz CT molecular complexity index is 2310. The minimum atomic E-state index is -4.36. The molecular formula is C38H36Cl2N4O7S. The van der Waals surface area contributed by atoms with Crippen molar-refractivity contribution in [3.63, 3.8) is 0 Å². The summed E-state index contributed by atoms with van der Waals surface area (Å²) in [5.41, 5.74) is 2.67. The van der Waals surface area contributed by atoms with Crippen LogP contribution in [0.1, 0.15) is 61.4 Å². The van der Waals surface area contributed by atoms with Gasteiger partial charge in [0.15, 0.2) is 5.78 Å². The Morgan fingerprint density at radius 2 is 1.73 bits per heavy atom. The van der Waals surface area contributed by atoms with Crippen molar-refractivity contribution >= 4 is 61.6 Å². The first kappa shape index (κ1) is 37.2. The van der Waals surface area contributed by atoms with Gasteiger partial charge in [-0.15, -0.1) is 0 Å². The summed E-state index contributed by atoms with van der Waals surface area (Å²) in [5, 5.41) is 6.16. The van der Waals surface area contributed by atoms with Gasteiger partial charge in [-0.2, -0.15) is 5.10 Å². The highest BCUT2D eigenvalue weighted by molar-refractivity contribution is 7.90. The van der Waals surface area contributed by atoms with Crippen LogP contribution in [0.4, 0.5) is 0 Å². The molecule has 1 N–H and O–H groups in total. The fraction of sp³-hybridized carbons (Fsp3) is 0.263. The van der Waals surface area contributed by atoms with Gasteiger partial charge in [0, 0.05) is 49.8 Å². The number of ether oxygens (including phenoxy) is 2. The molecule has 2 heterocycles. The fourth-order valence-corrected chi connectivity index (χ4v) is 7.74. The van der Waals surface area contributed by atoms with Crippen LogP contribution in [0.5, 0.6) is 0 Å². The monoisotopic (exact) mass is 762 g/mol. The van der Waals surface area contributed by atoms with Gasteiger partial charge in [0.25, 0.3) is 21.8 Å². The van der Waals surface area contributed by atoms with Crippen LogP contribution >= 0.6 is 23.2 Å². The summed E-state index contributed by atoms with van der Waals surface area (Å²) in [7, 11) is -2.74. The highest BCUT2D eigenvalue weighted by Crippen LogP contribution is 2.31. The first-order valence-corrected chi connectivity index (χ1v) is 18.7. The number of aromatic nitrogens is 2. The van der Waals surface area contributed by atoms with Crippen molar-refractivity contribution in [2.75, 3.05) is 26.9 Å². The number of carbonyl (C=O) groups excluding carboxylic acids is 3. The maximum absolute atomic E-state index is 14.8. The number of nitrogens with zero attached hydrogens (tertiary/aromatic N) is 3. The second kappa shape index (κ2) is 15.6. The van der Waals surface area contributed by atoms with Gasteiger partial charge in [0.1, 0.15) is 5.69 Å². The van der Waals surface area contributed by atoms with Crippen LogP contribution in [0.25, 0.3) is 16.5 Å². The van der Waals surface area contributed by atoms with E-state index in [1.807, 2.05) is 24.3 Å². The molecular weight excluding hydrogens is 727 g/mol. The summed E-state index contributed by atoms with van der Waals surface area (Å²) in [6.07, 6.45) is 1.21. The molecule has 11 nitrogen and oxygen atoms in total. The number of hydrogen-bond acceptors (Lipinski definition) is 8. The molecule has 0 bridgehead atoms. The molecule has 6 rings (SSSR count). The highest BCUT2D eigenvalue weighted by atomic mass is 35.5. The second-order valence-electron chi connectivity index (χ2n) is 12.5. The maximum Gasteiger partial charge on any atom is 0.265 e. The van der Waals surface area contributed by atoms with E-state index in [0.29, 0.717) is 42.2 Å². The minimum Gasteiger partial charge on any atom is -0.385 e. The Labute approximate surface area is 311 Å². The van der Waals surface area contributed by atoms with Crippen LogP contribution in [-0.2, 0) is 32.5 Å². The number of nitrogens with one attached hydrogen (secondary N) is 1. The van der Waals surface area contributed by atoms with Gasteiger partial charge < -0.3 is 14.4 Å². The molecule has 4 aromatic carbocycles. The van der Waals surface area contributed by atoms with Gasteiger partial charge in [0.2, 0.25) is 0 Å². The van der Waals surface area contributed by atoms with Crippen molar-refractivity contribution in [2.45, 2.75) is 44.2 Å². The summed E-state index contributed by atoms with van der Waals surface area (Å²) in [6, 6.07) is 21.2. The summed E-state index contributed by atoms with van der Waals surface area (Å²) in [4.78, 5) is 42.3. The van der Waals surface area contributed by atoms with Gasteiger partial charge in [0.05, 0.1) is 39.5 Å². The topological polar surface area (TPSA) is 137 Å². The molecule has 14 heteroatoms. The SMILES string of the molecule is COCCCOC[C@@H]1Cc2ccccc2CN1C(=O)c1cc(C(=O)NS(=O)(=O)c2ccc3cccc(Cl)c3c2)ccc1-n1nc(C(C)=O)c(Cl)c1C. The van der Waals surface area contributed by atoms with Gasteiger partial charge in [-0.1, -0.05) is 65.7 Å². The van der Waals surface area contributed by atoms with Crippen molar-refractivity contribution in [1.82, 2.24) is 19.4 Å². The highest BCUT2D eigenvalue weighted by Gasteiger charge is 2.33. The molecule has 2 amide bonds. The second-order valence-corrected chi connectivity index (χ2v) is 15.0. The van der Waals surface area contributed by atoms with Gasteiger partial charge in [-0.25, -0.2) is 17.8 Å². The number of methoxy groups -OCH3 is 1. The van der Waals surface area contributed by atoms with E-state index < -0.39 is 21.8 Å². The zero-order chi connectivity index (χ0) is 37.2. The molecule has 1 atom stereocenters. The van der Waals surface area contributed by atoms with Crippen LogP contribution in [0.15, 0.2) is 83.8 Å². The largest absolute Gasteiger partial charge is 0.385 e. The van der Waals surface area contributed by atoms with Crippen molar-refractivity contribution in [1.29, 1.82) is 0 Å². The lowest BCUT2D eigenvalue weighted by Crippen LogP contribution is -2.47. The first-order valence-electron chi connectivity index (χ1n) is 16.5. The summed E-state index contributed by atoms with van der Waals surface area (Å²) >= 11 is 12.8. The molecule has 52 heavy (non-hydrogen) atoms. The number of ketones is 1. The Balaban J connectivity index is 1.39. The number of benzene rings is 4. The van der Waals surface area contributed by atoms with E-state index >= 15 is 0 Å². The lowest BCUT2D eigenvalue weighted by molar-refractivity contribution is 0.0323. The lowest BCUT2D eigenvalue weighted by Gasteiger charge is -2.37. The molecule has 1 aliphatic rings. The van der Waals surface area contributed by atoms with Crippen molar-refractivity contribution in [3.05, 3.63) is 123 Å². The van der Waals surface area contributed by atoms with Crippen molar-refractivity contribution < 1.29 is 32.3 Å². The zero-order valence-corrected chi connectivity index (χ0v) is 31.0. The molecule has 0 saturated heterocycles. The zero-order valence-electron chi connectivity index (χ0n) is 28.7. The summed E-state index contributed by atoms with van der Waals surface area (Å²) < 4.78 is 41.6. The fourth-order valence-electron chi connectivity index (χ4n) is 6.25. The molecule has 1 aromatic heterocycles. The molecule has 0 spiro atoms. The molecule has 0 unspecified atom stereocenters. The van der Waals surface area contributed by atoms with Crippen LogP contribution < -0.4 is 4.72 Å². The third kappa shape index (κ3) is 7.62. The minimum absolute atomic E-state index is 0.0233. The Morgan fingerprint density at radius 3 is 2.46 bits per heavy atom. The Kier molecular flexibility index (Phi) is 11.1. The summed E-state index contributed by atoms with van der Waals surface area (Å²) in [5.74, 6) is -1.78. The number of fused-ring (bicyclic) bond motifs is 2. The Hall–Kier alpha value is -4.59. The number of halogens is 2. The molecule has 270 valence electrons. The van der Waals surface area contributed by atoms with Crippen LogP contribution in [-0.4, -0.2) is 73.7 Å². The van der Waals surface area contributed by atoms with Crippen molar-refractivity contribution in [2.24, 2.45) is 0 Å². The first-order chi connectivity index (χ1) is 24.9. The average Bonchev–Trinajstić information content (AvgIpc) is 3.43. The normalized spacial score (nSPS) is 14.3. The number of hydrogen-bond donors (Lipinski definition) is 1. The van der Waals surface area contributed by atoms with E-state index in [1.165, 1.54) is 41.9 Å². The third-order valence-electron chi connectivity index (χ3n) is 9.00. The summed E-state index contributed by atoms with van der Waals surface area (Å²) in [6.45, 7) is 4.47. The predicted molar refractivity (Wildman–Crippen MR) is 198 cm³/mol. The van der Waals surface area contributed by atoms with E-state index in [-0.39, 0.29) is 57.4 Å². The molecule has 0 aliphatic carbocycles. The lowest BCUT2D eigenvalue weighted by atomic mass is 9.93. The van der Waals surface area contributed by atoms with Crippen molar-refractivity contribution in [3.8, 4) is 5.69 Å². The average molecular weight is 764 g/mol. The van der Waals surface area contributed by atoms with Crippen LogP contribution in [0.2, 0.25) is 10.0 Å². The predicted octanol–water partition coefficient (Wildman–Crippen LogP) is 6.58. The molecule has 1 aliphatic heterocycles. The standard InChI is InChI=1S/C38H36Cl2N4O7S/c1-23-35(40)36(24(2)45)41-44(23)34-15-13-27(37(46)42-52(48,49)30-14-12-25-10-6-11-33(39)31(25)20-30)19-32(34)38(47)43-21-28-9-5-4-8-26(28)18-29(43)22-51-17-7-16-50-3/h4-6,8-15,19-20,29H,7,16-18,21-22H2,1-3H3,(H,42,46)/t29-/m0/s1. The van der Waals surface area contributed by atoms with E-state index in [1.54, 1.807) is 43.2 Å². The number of amides is 2. The molecule has 0 saturated carbocycles. The van der Waals surface area contributed by atoms with Gasteiger partial charge >= 0.3 is 0 Å². The number of rotatable bonds is 12. The Morgan fingerprint density at radius 1 is 0.962 bits per heavy atom. The maximum atomic E-state index is 14.8. The van der Waals surface area contributed by atoms with E-state index in [9.17, 15) is 22.8 Å². The van der Waals surface area contributed by atoms with Crippen LogP contribution in [0.3, 0.4) is 0 Å². The van der Waals surface area contributed by atoms with Gasteiger partial charge in [-0.3, -0.25) is 14.4 Å². The van der Waals surface area contributed by atoms with E-state index in [0.717, 1.165) is 16.5 Å². The molecule has 5 aromatic rings. The number of Topliss-reactive ketones (excluding diaryl/α,β-unsaturated/α-hetero) is 1. The third-order valence-corrected chi connectivity index (χ3v) is 11.1. The quantitative estimate of drug-likeness (QED) is 0.111. The number of sulfonamides is 1. The van der Waals surface area contributed by atoms with E-state index in [4.69, 9.17) is 32.7 Å². The number of carbonyl (C=O) groups is 3.